The lowest BCUT2D eigenvalue weighted by Crippen LogP contribution is -2.43. The largest absolute Gasteiger partial charge is 0.457 e. The molecular formula is C18H19F3N2O3. The fourth-order valence-corrected chi connectivity index (χ4v) is 2.10. The molecule has 2 aromatic carbocycles. The van der Waals surface area contributed by atoms with Crippen LogP contribution in [-0.4, -0.2) is 25.7 Å². The van der Waals surface area contributed by atoms with Crippen LogP contribution in [0.1, 0.15) is 11.1 Å². The summed E-state index contributed by atoms with van der Waals surface area (Å²) in [5.74, 6) is 0.442. The highest BCUT2D eigenvalue weighted by Crippen LogP contribution is 2.31. The lowest BCUT2D eigenvalue weighted by Gasteiger charge is -2.12. The molecule has 0 aliphatic heterocycles. The van der Waals surface area contributed by atoms with Gasteiger partial charge in [0, 0.05) is 13.7 Å². The Morgan fingerprint density at radius 1 is 1.08 bits per heavy atom. The quantitative estimate of drug-likeness (QED) is 0.788. The molecule has 2 aromatic rings. The van der Waals surface area contributed by atoms with Crippen molar-refractivity contribution in [1.82, 2.24) is 5.32 Å². The van der Waals surface area contributed by atoms with Crippen LogP contribution in [0.25, 0.3) is 0 Å². The Balaban J connectivity index is 1.90. The number of carbonyl (C=O) groups excluding carboxylic acids is 1. The zero-order chi connectivity index (χ0) is 19.2. The van der Waals surface area contributed by atoms with Gasteiger partial charge in [0.2, 0.25) is 5.91 Å². The van der Waals surface area contributed by atoms with Crippen LogP contribution >= 0.6 is 0 Å². The third-order valence-electron chi connectivity index (χ3n) is 3.49. The molecule has 1 atom stereocenters. The SMILES string of the molecule is COCC(N)C(=O)NCc1ccc(Oc2ccc(C(F)(F)F)cc2)cc1. The first-order chi connectivity index (χ1) is 12.3. The molecular weight excluding hydrogens is 349 g/mol. The number of hydrogen-bond donors (Lipinski definition) is 2. The first-order valence-electron chi connectivity index (χ1n) is 7.76. The molecule has 0 spiro atoms. The van der Waals surface area contributed by atoms with Crippen molar-refractivity contribution in [2.45, 2.75) is 18.8 Å². The number of ether oxygens (including phenoxy) is 2. The van der Waals surface area contributed by atoms with E-state index in [9.17, 15) is 18.0 Å². The van der Waals surface area contributed by atoms with Crippen LogP contribution < -0.4 is 15.8 Å². The molecule has 0 aromatic heterocycles. The lowest BCUT2D eigenvalue weighted by molar-refractivity contribution is -0.137. The summed E-state index contributed by atoms with van der Waals surface area (Å²) < 4.78 is 47.9. The standard InChI is InChI=1S/C18H19F3N2O3/c1-25-11-16(22)17(24)23-10-12-2-6-14(7-3-12)26-15-8-4-13(5-9-15)18(19,20)21/h2-9,16H,10-11,22H2,1H3,(H,23,24). The number of hydrogen-bond acceptors (Lipinski definition) is 4. The van der Waals surface area contributed by atoms with E-state index in [1.807, 2.05) is 0 Å². The summed E-state index contributed by atoms with van der Waals surface area (Å²) >= 11 is 0. The average molecular weight is 368 g/mol. The van der Waals surface area contributed by atoms with E-state index in [-0.39, 0.29) is 19.1 Å². The van der Waals surface area contributed by atoms with Gasteiger partial charge in [-0.1, -0.05) is 12.1 Å². The number of methoxy groups -OCH3 is 1. The van der Waals surface area contributed by atoms with Crippen molar-refractivity contribution in [3.05, 3.63) is 59.7 Å². The Kier molecular flexibility index (Phi) is 6.59. The van der Waals surface area contributed by atoms with Gasteiger partial charge in [0.25, 0.3) is 0 Å². The molecule has 1 unspecified atom stereocenters. The minimum Gasteiger partial charge on any atom is -0.457 e. The molecule has 3 N–H and O–H groups in total. The maximum absolute atomic E-state index is 12.5. The predicted molar refractivity (Wildman–Crippen MR) is 89.7 cm³/mol. The Morgan fingerprint density at radius 2 is 1.62 bits per heavy atom. The molecule has 5 nitrogen and oxygen atoms in total. The number of rotatable bonds is 7. The van der Waals surface area contributed by atoms with Gasteiger partial charge >= 0.3 is 6.18 Å². The van der Waals surface area contributed by atoms with Crippen LogP contribution in [-0.2, 0) is 22.3 Å². The highest BCUT2D eigenvalue weighted by molar-refractivity contribution is 5.81. The predicted octanol–water partition coefficient (Wildman–Crippen LogP) is 3.09. The number of alkyl halides is 3. The summed E-state index contributed by atoms with van der Waals surface area (Å²) in [4.78, 5) is 11.7. The number of nitrogens with one attached hydrogen (secondary N) is 1. The van der Waals surface area contributed by atoms with E-state index in [4.69, 9.17) is 15.2 Å². The van der Waals surface area contributed by atoms with Gasteiger partial charge in [-0.15, -0.1) is 0 Å². The van der Waals surface area contributed by atoms with Gasteiger partial charge in [0.05, 0.1) is 12.2 Å². The molecule has 0 saturated heterocycles. The van der Waals surface area contributed by atoms with Crippen LogP contribution in [0.5, 0.6) is 11.5 Å². The molecule has 0 fully saturated rings. The van der Waals surface area contributed by atoms with E-state index in [0.717, 1.165) is 17.7 Å². The van der Waals surface area contributed by atoms with E-state index < -0.39 is 17.8 Å². The van der Waals surface area contributed by atoms with Gasteiger partial charge in [-0.05, 0) is 42.0 Å². The third-order valence-corrected chi connectivity index (χ3v) is 3.49. The van der Waals surface area contributed by atoms with Crippen LogP contribution in [0.2, 0.25) is 0 Å². The lowest BCUT2D eigenvalue weighted by atomic mass is 10.2. The van der Waals surface area contributed by atoms with E-state index in [0.29, 0.717) is 11.5 Å². The summed E-state index contributed by atoms with van der Waals surface area (Å²) in [5, 5.41) is 2.68. The van der Waals surface area contributed by atoms with Gasteiger partial charge < -0.3 is 20.5 Å². The van der Waals surface area contributed by atoms with Crippen molar-refractivity contribution in [2.75, 3.05) is 13.7 Å². The Hall–Kier alpha value is -2.58. The van der Waals surface area contributed by atoms with Crippen LogP contribution in [0.15, 0.2) is 48.5 Å². The molecule has 1 amide bonds. The second-order valence-corrected chi connectivity index (χ2v) is 5.55. The monoisotopic (exact) mass is 368 g/mol. The molecule has 26 heavy (non-hydrogen) atoms. The highest BCUT2D eigenvalue weighted by Gasteiger charge is 2.30. The molecule has 0 bridgehead atoms. The molecule has 0 heterocycles. The second-order valence-electron chi connectivity index (χ2n) is 5.55. The molecule has 140 valence electrons. The fourth-order valence-electron chi connectivity index (χ4n) is 2.10. The topological polar surface area (TPSA) is 73.6 Å². The normalized spacial score (nSPS) is 12.5. The molecule has 0 saturated carbocycles. The molecule has 2 rings (SSSR count). The number of carbonyl (C=O) groups is 1. The summed E-state index contributed by atoms with van der Waals surface area (Å²) in [6.07, 6.45) is -4.38. The van der Waals surface area contributed by atoms with Crippen LogP contribution in [0.4, 0.5) is 13.2 Å². The van der Waals surface area contributed by atoms with Crippen LogP contribution in [0, 0.1) is 0 Å². The molecule has 0 radical (unpaired) electrons. The molecule has 0 aliphatic rings. The Bertz CT molecular complexity index is 716. The van der Waals surface area contributed by atoms with Gasteiger partial charge in [-0.3, -0.25) is 4.79 Å². The third kappa shape index (κ3) is 5.75. The minimum absolute atomic E-state index is 0.131. The maximum Gasteiger partial charge on any atom is 0.416 e. The number of benzene rings is 2. The first-order valence-corrected chi connectivity index (χ1v) is 7.76. The summed E-state index contributed by atoms with van der Waals surface area (Å²) in [5.41, 5.74) is 5.70. The zero-order valence-corrected chi connectivity index (χ0v) is 14.0. The summed E-state index contributed by atoms with van der Waals surface area (Å²) in [6, 6.07) is 10.5. The zero-order valence-electron chi connectivity index (χ0n) is 14.0. The van der Waals surface area contributed by atoms with Crippen molar-refractivity contribution >= 4 is 5.91 Å². The van der Waals surface area contributed by atoms with Gasteiger partial charge in [0.1, 0.15) is 17.5 Å². The van der Waals surface area contributed by atoms with E-state index in [1.54, 1.807) is 24.3 Å². The van der Waals surface area contributed by atoms with Crippen molar-refractivity contribution in [1.29, 1.82) is 0 Å². The van der Waals surface area contributed by atoms with Crippen molar-refractivity contribution in [3.8, 4) is 11.5 Å². The highest BCUT2D eigenvalue weighted by atomic mass is 19.4. The van der Waals surface area contributed by atoms with E-state index in [2.05, 4.69) is 5.32 Å². The van der Waals surface area contributed by atoms with Crippen molar-refractivity contribution in [3.63, 3.8) is 0 Å². The minimum atomic E-state index is -4.38. The van der Waals surface area contributed by atoms with Crippen molar-refractivity contribution < 1.29 is 27.4 Å². The summed E-state index contributed by atoms with van der Waals surface area (Å²) in [6.45, 7) is 0.419. The first kappa shape index (κ1) is 19.7. The number of nitrogens with two attached hydrogens (primary N) is 1. The van der Waals surface area contributed by atoms with E-state index >= 15 is 0 Å². The fraction of sp³-hybridized carbons (Fsp3) is 0.278. The van der Waals surface area contributed by atoms with Crippen molar-refractivity contribution in [2.24, 2.45) is 5.73 Å². The second kappa shape index (κ2) is 8.68. The molecule has 0 aliphatic carbocycles. The van der Waals surface area contributed by atoms with Gasteiger partial charge in [0.15, 0.2) is 0 Å². The smallest absolute Gasteiger partial charge is 0.416 e. The summed E-state index contributed by atoms with van der Waals surface area (Å²) in [7, 11) is 1.46. The average Bonchev–Trinajstić information content (AvgIpc) is 2.61. The Morgan fingerprint density at radius 3 is 2.12 bits per heavy atom. The maximum atomic E-state index is 12.5. The Labute approximate surface area is 148 Å². The van der Waals surface area contributed by atoms with Crippen LogP contribution in [0.3, 0.4) is 0 Å². The van der Waals surface area contributed by atoms with Gasteiger partial charge in [-0.2, -0.15) is 13.2 Å². The van der Waals surface area contributed by atoms with Gasteiger partial charge in [-0.25, -0.2) is 0 Å². The number of amides is 1. The molecule has 8 heteroatoms. The van der Waals surface area contributed by atoms with E-state index in [1.165, 1.54) is 19.2 Å². The number of halogens is 3.